The number of nitrogens with one attached hydrogen (secondary N) is 1. The van der Waals surface area contributed by atoms with Crippen LogP contribution in [0.1, 0.15) is 29.3 Å². The van der Waals surface area contributed by atoms with Gasteiger partial charge in [-0.2, -0.15) is 5.10 Å². The molecule has 23 heavy (non-hydrogen) atoms. The zero-order chi connectivity index (χ0) is 16.4. The van der Waals surface area contributed by atoms with E-state index in [4.69, 9.17) is 4.74 Å². The molecule has 2 aromatic heterocycles. The molecular formula is C16H24N6O. The Hall–Kier alpha value is -1.99. The van der Waals surface area contributed by atoms with E-state index in [-0.39, 0.29) is 12.1 Å². The Morgan fingerprint density at radius 1 is 1.35 bits per heavy atom. The molecule has 2 aromatic rings. The average molecular weight is 316 g/mol. The predicted octanol–water partition coefficient (Wildman–Crippen LogP) is 1.20. The minimum atomic E-state index is 0.0608. The van der Waals surface area contributed by atoms with Gasteiger partial charge in [-0.1, -0.05) is 0 Å². The lowest BCUT2D eigenvalue weighted by molar-refractivity contribution is 0.0979. The smallest absolute Gasteiger partial charge is 0.224 e. The zero-order valence-electron chi connectivity index (χ0n) is 14.2. The molecule has 0 spiro atoms. The van der Waals surface area contributed by atoms with Crippen LogP contribution in [0.15, 0.2) is 18.6 Å². The van der Waals surface area contributed by atoms with E-state index in [9.17, 15) is 0 Å². The molecule has 1 fully saturated rings. The van der Waals surface area contributed by atoms with Gasteiger partial charge in [-0.15, -0.1) is 0 Å². The summed E-state index contributed by atoms with van der Waals surface area (Å²) < 4.78 is 7.78. The second-order valence-electron chi connectivity index (χ2n) is 6.20. The van der Waals surface area contributed by atoms with Crippen LogP contribution in [0, 0.1) is 6.92 Å². The van der Waals surface area contributed by atoms with Crippen LogP contribution in [0.5, 0.6) is 0 Å². The first-order chi connectivity index (χ1) is 11.0. The van der Waals surface area contributed by atoms with E-state index in [0.717, 1.165) is 36.8 Å². The molecule has 0 saturated carbocycles. The Bertz CT molecular complexity index is 651. The monoisotopic (exact) mass is 316 g/mol. The highest BCUT2D eigenvalue weighted by atomic mass is 16.5. The van der Waals surface area contributed by atoms with Crippen molar-refractivity contribution in [3.8, 4) is 0 Å². The highest BCUT2D eigenvalue weighted by molar-refractivity contribution is 5.26. The van der Waals surface area contributed by atoms with Crippen molar-refractivity contribution in [1.82, 2.24) is 25.1 Å². The molecule has 0 unspecified atom stereocenters. The average Bonchev–Trinajstić information content (AvgIpc) is 3.11. The van der Waals surface area contributed by atoms with E-state index < -0.39 is 0 Å². The second-order valence-corrected chi connectivity index (χ2v) is 6.20. The summed E-state index contributed by atoms with van der Waals surface area (Å²) in [7, 11) is 5.81. The van der Waals surface area contributed by atoms with Gasteiger partial charge in [0, 0.05) is 70.1 Å². The van der Waals surface area contributed by atoms with Crippen molar-refractivity contribution in [2.45, 2.75) is 32.0 Å². The van der Waals surface area contributed by atoms with E-state index >= 15 is 0 Å². The lowest BCUT2D eigenvalue weighted by Gasteiger charge is -2.19. The molecule has 7 heteroatoms. The van der Waals surface area contributed by atoms with Crippen molar-refractivity contribution in [2.24, 2.45) is 7.05 Å². The predicted molar refractivity (Wildman–Crippen MR) is 88.2 cm³/mol. The fraction of sp³-hybridized carbons (Fsp3) is 0.562. The normalized spacial score (nSPS) is 20.9. The molecule has 0 radical (unpaired) electrons. The standard InChI is InChI=1S/C16H24N6O/c1-11-13(10-22(4)20-11)15-14(5-6-23-15)17-7-12-8-18-16(19-9-12)21(2)3/h8-10,14-15,17H,5-7H2,1-4H3/t14-,15+/m0/s1. The molecule has 1 aliphatic rings. The summed E-state index contributed by atoms with van der Waals surface area (Å²) in [5, 5.41) is 7.99. The van der Waals surface area contributed by atoms with Gasteiger partial charge in [0.2, 0.25) is 5.95 Å². The van der Waals surface area contributed by atoms with Gasteiger partial charge in [-0.05, 0) is 13.3 Å². The summed E-state index contributed by atoms with van der Waals surface area (Å²) in [5.74, 6) is 0.724. The van der Waals surface area contributed by atoms with Gasteiger partial charge < -0.3 is 15.0 Å². The van der Waals surface area contributed by atoms with Gasteiger partial charge in [0.25, 0.3) is 0 Å². The maximum Gasteiger partial charge on any atom is 0.224 e. The Morgan fingerprint density at radius 2 is 2.09 bits per heavy atom. The van der Waals surface area contributed by atoms with E-state index in [2.05, 4.69) is 26.6 Å². The third-order valence-electron chi connectivity index (χ3n) is 4.11. The topological polar surface area (TPSA) is 68.1 Å². The number of hydrogen-bond acceptors (Lipinski definition) is 6. The van der Waals surface area contributed by atoms with Crippen LogP contribution < -0.4 is 10.2 Å². The Balaban J connectivity index is 1.64. The summed E-state index contributed by atoms with van der Waals surface area (Å²) in [6.07, 6.45) is 6.85. The molecule has 0 aromatic carbocycles. The van der Waals surface area contributed by atoms with E-state index in [1.165, 1.54) is 5.56 Å². The maximum absolute atomic E-state index is 5.93. The van der Waals surface area contributed by atoms with Crippen molar-refractivity contribution in [1.29, 1.82) is 0 Å². The second kappa shape index (κ2) is 6.64. The van der Waals surface area contributed by atoms with Gasteiger partial charge in [0.1, 0.15) is 6.10 Å². The summed E-state index contributed by atoms with van der Waals surface area (Å²) >= 11 is 0. The highest BCUT2D eigenvalue weighted by Gasteiger charge is 2.31. The van der Waals surface area contributed by atoms with Crippen LogP contribution in [-0.2, 0) is 18.3 Å². The number of aromatic nitrogens is 4. The Kier molecular flexibility index (Phi) is 4.58. The maximum atomic E-state index is 5.93. The molecule has 1 aliphatic heterocycles. The first-order valence-corrected chi connectivity index (χ1v) is 7.88. The molecule has 2 atom stereocenters. The zero-order valence-corrected chi connectivity index (χ0v) is 14.2. The van der Waals surface area contributed by atoms with Crippen LogP contribution in [0.2, 0.25) is 0 Å². The minimum absolute atomic E-state index is 0.0608. The van der Waals surface area contributed by atoms with Crippen molar-refractivity contribution < 1.29 is 4.74 Å². The molecule has 124 valence electrons. The number of aryl methyl sites for hydroxylation is 2. The fourth-order valence-electron chi connectivity index (χ4n) is 2.92. The molecule has 0 bridgehead atoms. The van der Waals surface area contributed by atoms with E-state index in [1.807, 2.05) is 50.0 Å². The third-order valence-corrected chi connectivity index (χ3v) is 4.11. The fourth-order valence-corrected chi connectivity index (χ4v) is 2.92. The first-order valence-electron chi connectivity index (χ1n) is 7.88. The lowest BCUT2D eigenvalue weighted by Crippen LogP contribution is -2.31. The largest absolute Gasteiger partial charge is 0.372 e. The Labute approximate surface area is 136 Å². The summed E-state index contributed by atoms with van der Waals surface area (Å²) in [4.78, 5) is 10.6. The van der Waals surface area contributed by atoms with Gasteiger partial charge in [-0.3, -0.25) is 4.68 Å². The van der Waals surface area contributed by atoms with Gasteiger partial charge in [0.15, 0.2) is 0 Å². The minimum Gasteiger partial charge on any atom is -0.372 e. The molecule has 3 rings (SSSR count). The van der Waals surface area contributed by atoms with E-state index in [0.29, 0.717) is 0 Å². The number of anilines is 1. The summed E-state index contributed by atoms with van der Waals surface area (Å²) in [6, 6.07) is 0.284. The highest BCUT2D eigenvalue weighted by Crippen LogP contribution is 2.30. The number of hydrogen-bond donors (Lipinski definition) is 1. The van der Waals surface area contributed by atoms with Gasteiger partial charge >= 0.3 is 0 Å². The Morgan fingerprint density at radius 3 is 2.70 bits per heavy atom. The van der Waals surface area contributed by atoms with Crippen molar-refractivity contribution in [3.05, 3.63) is 35.4 Å². The van der Waals surface area contributed by atoms with Crippen LogP contribution in [0.25, 0.3) is 0 Å². The quantitative estimate of drug-likeness (QED) is 0.894. The summed E-state index contributed by atoms with van der Waals surface area (Å²) in [6.45, 7) is 3.53. The molecule has 1 saturated heterocycles. The van der Waals surface area contributed by atoms with Crippen LogP contribution in [0.4, 0.5) is 5.95 Å². The lowest BCUT2D eigenvalue weighted by atomic mass is 10.0. The number of rotatable bonds is 5. The molecule has 3 heterocycles. The molecule has 0 aliphatic carbocycles. The van der Waals surface area contributed by atoms with Crippen LogP contribution in [-0.4, -0.2) is 46.5 Å². The van der Waals surface area contributed by atoms with Crippen molar-refractivity contribution in [3.63, 3.8) is 0 Å². The van der Waals surface area contributed by atoms with Crippen molar-refractivity contribution in [2.75, 3.05) is 25.6 Å². The molecule has 0 amide bonds. The molecule has 7 nitrogen and oxygen atoms in total. The van der Waals surface area contributed by atoms with Crippen LogP contribution in [0.3, 0.4) is 0 Å². The number of nitrogens with zero attached hydrogens (tertiary/aromatic N) is 5. The van der Waals surface area contributed by atoms with Crippen molar-refractivity contribution >= 4 is 5.95 Å². The third kappa shape index (κ3) is 3.51. The van der Waals surface area contributed by atoms with E-state index in [1.54, 1.807) is 0 Å². The molecule has 1 N–H and O–H groups in total. The van der Waals surface area contributed by atoms with Crippen LogP contribution >= 0.6 is 0 Å². The molecular weight excluding hydrogens is 292 g/mol. The van der Waals surface area contributed by atoms with Gasteiger partial charge in [-0.25, -0.2) is 9.97 Å². The van der Waals surface area contributed by atoms with Gasteiger partial charge in [0.05, 0.1) is 5.69 Å². The summed E-state index contributed by atoms with van der Waals surface area (Å²) in [5.41, 5.74) is 3.27. The SMILES string of the molecule is Cc1nn(C)cc1[C@H]1OCC[C@@H]1NCc1cnc(N(C)C)nc1. The number of ether oxygens (including phenoxy) is 1. The first kappa shape index (κ1) is 15.9.